The molecular formula is C20H17FN4OS. The standard InChI is InChI=1S/C20H17FN4OS/c1-12-18(14-8-4-6-10-16(14)22-12)17(26)11-27-20-24-23-19(25(20)2)13-7-3-5-9-15(13)21/h3-10,22H,11H2,1-2H3. The monoisotopic (exact) mass is 380 g/mol. The van der Waals surface area contributed by atoms with E-state index in [-0.39, 0.29) is 17.4 Å². The number of nitrogens with zero attached hydrogens (tertiary/aromatic N) is 3. The largest absolute Gasteiger partial charge is 0.358 e. The fourth-order valence-electron chi connectivity index (χ4n) is 3.16. The predicted octanol–water partition coefficient (Wildman–Crippen LogP) is 4.39. The zero-order chi connectivity index (χ0) is 19.0. The van der Waals surface area contributed by atoms with E-state index in [1.54, 1.807) is 29.8 Å². The molecule has 2 aromatic heterocycles. The zero-order valence-corrected chi connectivity index (χ0v) is 15.7. The summed E-state index contributed by atoms with van der Waals surface area (Å²) in [5.74, 6) is 0.332. The number of Topliss-reactive ketones (excluding diaryl/α,β-unsaturated/α-hetero) is 1. The number of hydrogen-bond donors (Lipinski definition) is 1. The van der Waals surface area contributed by atoms with Crippen molar-refractivity contribution in [3.8, 4) is 11.4 Å². The van der Waals surface area contributed by atoms with E-state index in [0.717, 1.165) is 16.6 Å². The number of carbonyl (C=O) groups is 1. The number of hydrogen-bond acceptors (Lipinski definition) is 4. The number of benzene rings is 2. The molecule has 7 heteroatoms. The Labute approximate surface area is 159 Å². The summed E-state index contributed by atoms with van der Waals surface area (Å²) in [5.41, 5.74) is 2.89. The summed E-state index contributed by atoms with van der Waals surface area (Å²) in [4.78, 5) is 16.0. The fraction of sp³-hybridized carbons (Fsp3) is 0.150. The Bertz CT molecular complexity index is 1150. The van der Waals surface area contributed by atoms with Crippen molar-refractivity contribution in [1.29, 1.82) is 0 Å². The molecule has 4 aromatic rings. The molecule has 0 saturated heterocycles. The number of para-hydroxylation sites is 1. The number of aromatic amines is 1. The first-order valence-corrected chi connectivity index (χ1v) is 9.42. The maximum absolute atomic E-state index is 14.0. The van der Waals surface area contributed by atoms with Crippen molar-refractivity contribution in [1.82, 2.24) is 19.7 Å². The normalized spacial score (nSPS) is 11.2. The first-order valence-electron chi connectivity index (χ1n) is 8.44. The summed E-state index contributed by atoms with van der Waals surface area (Å²) < 4.78 is 15.7. The van der Waals surface area contributed by atoms with E-state index in [2.05, 4.69) is 15.2 Å². The lowest BCUT2D eigenvalue weighted by molar-refractivity contribution is 0.102. The van der Waals surface area contributed by atoms with E-state index in [1.807, 2.05) is 31.2 Å². The molecule has 2 heterocycles. The number of aromatic nitrogens is 4. The average Bonchev–Trinajstić information content (AvgIpc) is 3.19. The lowest BCUT2D eigenvalue weighted by Crippen LogP contribution is -2.05. The van der Waals surface area contributed by atoms with Crippen LogP contribution in [0, 0.1) is 12.7 Å². The van der Waals surface area contributed by atoms with E-state index >= 15 is 0 Å². The Morgan fingerprint density at radius 2 is 1.89 bits per heavy atom. The summed E-state index contributed by atoms with van der Waals surface area (Å²) in [6, 6.07) is 14.2. The molecule has 27 heavy (non-hydrogen) atoms. The van der Waals surface area contributed by atoms with Crippen molar-refractivity contribution in [3.05, 3.63) is 65.6 Å². The first kappa shape index (κ1) is 17.5. The molecule has 0 aliphatic heterocycles. The molecule has 0 amide bonds. The Balaban J connectivity index is 1.57. The van der Waals surface area contributed by atoms with Gasteiger partial charge in [-0.25, -0.2) is 4.39 Å². The molecule has 1 N–H and O–H groups in total. The molecule has 0 atom stereocenters. The topological polar surface area (TPSA) is 63.6 Å². The van der Waals surface area contributed by atoms with Crippen molar-refractivity contribution < 1.29 is 9.18 Å². The molecule has 5 nitrogen and oxygen atoms in total. The molecule has 136 valence electrons. The molecule has 4 rings (SSSR count). The van der Waals surface area contributed by atoms with Gasteiger partial charge in [0.25, 0.3) is 0 Å². The van der Waals surface area contributed by atoms with Gasteiger partial charge in [0.1, 0.15) is 5.82 Å². The second kappa shape index (κ2) is 7.00. The summed E-state index contributed by atoms with van der Waals surface area (Å²) in [7, 11) is 1.77. The number of nitrogens with one attached hydrogen (secondary N) is 1. The van der Waals surface area contributed by atoms with E-state index in [4.69, 9.17) is 0 Å². The van der Waals surface area contributed by atoms with Crippen LogP contribution in [0.3, 0.4) is 0 Å². The number of H-pyrrole nitrogens is 1. The number of carbonyl (C=O) groups excluding carboxylic acids is 1. The number of halogens is 1. The molecule has 0 radical (unpaired) electrons. The van der Waals surface area contributed by atoms with Crippen molar-refractivity contribution in [2.45, 2.75) is 12.1 Å². The number of rotatable bonds is 5. The fourth-order valence-corrected chi connectivity index (χ4v) is 3.94. The number of ketones is 1. The maximum atomic E-state index is 14.0. The highest BCUT2D eigenvalue weighted by molar-refractivity contribution is 7.99. The number of aryl methyl sites for hydroxylation is 1. The Morgan fingerprint density at radius 3 is 2.70 bits per heavy atom. The molecule has 0 fully saturated rings. The molecule has 2 aromatic carbocycles. The van der Waals surface area contributed by atoms with Gasteiger partial charge in [0, 0.05) is 29.2 Å². The van der Waals surface area contributed by atoms with Gasteiger partial charge < -0.3 is 9.55 Å². The van der Waals surface area contributed by atoms with Gasteiger partial charge in [-0.3, -0.25) is 4.79 Å². The minimum Gasteiger partial charge on any atom is -0.358 e. The third-order valence-corrected chi connectivity index (χ3v) is 5.47. The second-order valence-electron chi connectivity index (χ2n) is 6.23. The van der Waals surface area contributed by atoms with Crippen LogP contribution >= 0.6 is 11.8 Å². The zero-order valence-electron chi connectivity index (χ0n) is 14.9. The van der Waals surface area contributed by atoms with Gasteiger partial charge in [-0.1, -0.05) is 42.1 Å². The molecular weight excluding hydrogens is 363 g/mol. The van der Waals surface area contributed by atoms with Crippen molar-refractivity contribution in [2.75, 3.05) is 5.75 Å². The van der Waals surface area contributed by atoms with E-state index in [1.165, 1.54) is 17.8 Å². The average molecular weight is 380 g/mol. The highest BCUT2D eigenvalue weighted by Crippen LogP contribution is 2.27. The van der Waals surface area contributed by atoms with Crippen LogP contribution in [0.4, 0.5) is 4.39 Å². The first-order chi connectivity index (χ1) is 13.1. The molecule has 0 aliphatic rings. The molecule has 0 saturated carbocycles. The van der Waals surface area contributed by atoms with Gasteiger partial charge in [-0.15, -0.1) is 10.2 Å². The summed E-state index contributed by atoms with van der Waals surface area (Å²) in [6.07, 6.45) is 0. The van der Waals surface area contributed by atoms with Crippen LogP contribution in [0.5, 0.6) is 0 Å². The van der Waals surface area contributed by atoms with Gasteiger partial charge in [0.15, 0.2) is 16.8 Å². The van der Waals surface area contributed by atoms with E-state index < -0.39 is 0 Å². The number of thioether (sulfide) groups is 1. The van der Waals surface area contributed by atoms with Gasteiger partial charge >= 0.3 is 0 Å². The van der Waals surface area contributed by atoms with E-state index in [0.29, 0.717) is 22.1 Å². The lowest BCUT2D eigenvalue weighted by atomic mass is 10.1. The molecule has 0 spiro atoms. The molecule has 0 aliphatic carbocycles. The maximum Gasteiger partial charge on any atom is 0.191 e. The third kappa shape index (κ3) is 3.14. The second-order valence-corrected chi connectivity index (χ2v) is 7.17. The third-order valence-electron chi connectivity index (χ3n) is 4.45. The minimum atomic E-state index is -0.352. The summed E-state index contributed by atoms with van der Waals surface area (Å²) in [5, 5.41) is 9.70. The predicted molar refractivity (Wildman–Crippen MR) is 104 cm³/mol. The summed E-state index contributed by atoms with van der Waals surface area (Å²) >= 11 is 1.30. The molecule has 0 bridgehead atoms. The van der Waals surface area contributed by atoms with Gasteiger partial charge in [-0.05, 0) is 25.1 Å². The van der Waals surface area contributed by atoms with Crippen LogP contribution in [0.1, 0.15) is 16.1 Å². The Morgan fingerprint density at radius 1 is 1.15 bits per heavy atom. The van der Waals surface area contributed by atoms with Crippen LogP contribution in [0.25, 0.3) is 22.3 Å². The SMILES string of the molecule is Cc1[nH]c2ccccc2c1C(=O)CSc1nnc(-c2ccccc2F)n1C. The summed E-state index contributed by atoms with van der Waals surface area (Å²) in [6.45, 7) is 1.90. The highest BCUT2D eigenvalue weighted by Gasteiger charge is 2.19. The van der Waals surface area contributed by atoms with E-state index in [9.17, 15) is 9.18 Å². The van der Waals surface area contributed by atoms with Crippen molar-refractivity contribution >= 4 is 28.4 Å². The van der Waals surface area contributed by atoms with Gasteiger partial charge in [0.2, 0.25) is 0 Å². The highest BCUT2D eigenvalue weighted by atomic mass is 32.2. The van der Waals surface area contributed by atoms with Crippen LogP contribution in [-0.4, -0.2) is 31.3 Å². The van der Waals surface area contributed by atoms with Crippen LogP contribution in [-0.2, 0) is 7.05 Å². The van der Waals surface area contributed by atoms with Crippen LogP contribution < -0.4 is 0 Å². The Hall–Kier alpha value is -2.93. The number of fused-ring (bicyclic) bond motifs is 1. The van der Waals surface area contributed by atoms with Crippen molar-refractivity contribution in [3.63, 3.8) is 0 Å². The smallest absolute Gasteiger partial charge is 0.191 e. The van der Waals surface area contributed by atoms with Gasteiger partial charge in [-0.2, -0.15) is 0 Å². The Kier molecular flexibility index (Phi) is 4.53. The van der Waals surface area contributed by atoms with Gasteiger partial charge in [0.05, 0.1) is 11.3 Å². The lowest BCUT2D eigenvalue weighted by Gasteiger charge is -2.05. The van der Waals surface area contributed by atoms with Crippen LogP contribution in [0.15, 0.2) is 53.7 Å². The minimum absolute atomic E-state index is 0.0189. The van der Waals surface area contributed by atoms with Crippen LogP contribution in [0.2, 0.25) is 0 Å². The molecule has 0 unspecified atom stereocenters. The quantitative estimate of drug-likeness (QED) is 0.412. The van der Waals surface area contributed by atoms with Crippen molar-refractivity contribution in [2.24, 2.45) is 7.05 Å².